The van der Waals surface area contributed by atoms with Crippen LogP contribution in [0.4, 0.5) is 0 Å². The molecule has 1 rings (SSSR count). The highest BCUT2D eigenvalue weighted by Gasteiger charge is 2.08. The molecule has 0 fully saturated rings. The normalized spacial score (nSPS) is 11.9. The number of carboxylic acid groups (broad SMARTS) is 1. The van der Waals surface area contributed by atoms with Crippen LogP contribution in [0.15, 0.2) is 24.3 Å². The van der Waals surface area contributed by atoms with Crippen molar-refractivity contribution in [2.45, 2.75) is 26.2 Å². The second-order valence-corrected chi connectivity index (χ2v) is 5.84. The van der Waals surface area contributed by atoms with Gasteiger partial charge in [0.25, 0.3) is 5.91 Å². The average Bonchev–Trinajstić information content (AvgIpc) is 2.36. The van der Waals surface area contributed by atoms with Gasteiger partial charge in [-0.25, -0.2) is 0 Å². The van der Waals surface area contributed by atoms with E-state index in [1.54, 1.807) is 6.07 Å². The van der Waals surface area contributed by atoms with Gasteiger partial charge in [-0.1, -0.05) is 13.0 Å². The number of halogens is 1. The Labute approximate surface area is 126 Å². The molecular weight excluding hydrogens is 357 g/mol. The lowest BCUT2D eigenvalue weighted by atomic mass is 10.0. The van der Waals surface area contributed by atoms with Gasteiger partial charge in [0.05, 0.1) is 0 Å². The number of hydrogen-bond acceptors (Lipinski definition) is 2. The SMILES string of the molecule is CC(CCNC(=O)c1cccc(I)c1)CCC(=O)O. The first-order chi connectivity index (χ1) is 8.99. The summed E-state index contributed by atoms with van der Waals surface area (Å²) in [7, 11) is 0. The molecule has 1 aromatic rings. The van der Waals surface area contributed by atoms with Gasteiger partial charge >= 0.3 is 5.97 Å². The molecule has 0 saturated heterocycles. The second-order valence-electron chi connectivity index (χ2n) is 4.59. The maximum absolute atomic E-state index is 11.8. The maximum atomic E-state index is 11.8. The lowest BCUT2D eigenvalue weighted by Crippen LogP contribution is -2.25. The van der Waals surface area contributed by atoms with E-state index in [9.17, 15) is 9.59 Å². The van der Waals surface area contributed by atoms with Gasteiger partial charge in [-0.15, -0.1) is 0 Å². The van der Waals surface area contributed by atoms with Gasteiger partial charge in [0.2, 0.25) is 0 Å². The van der Waals surface area contributed by atoms with E-state index in [-0.39, 0.29) is 12.3 Å². The lowest BCUT2D eigenvalue weighted by molar-refractivity contribution is -0.137. The summed E-state index contributed by atoms with van der Waals surface area (Å²) in [6.07, 6.45) is 1.63. The van der Waals surface area contributed by atoms with Crippen molar-refractivity contribution in [3.05, 3.63) is 33.4 Å². The van der Waals surface area contributed by atoms with Crippen molar-refractivity contribution in [1.29, 1.82) is 0 Å². The van der Waals surface area contributed by atoms with Gasteiger partial charge in [0.15, 0.2) is 0 Å². The summed E-state index contributed by atoms with van der Waals surface area (Å²) in [5.74, 6) is -0.550. The van der Waals surface area contributed by atoms with Crippen molar-refractivity contribution in [2.75, 3.05) is 6.54 Å². The Morgan fingerprint density at radius 3 is 2.74 bits per heavy atom. The lowest BCUT2D eigenvalue weighted by Gasteiger charge is -2.10. The molecule has 0 aliphatic carbocycles. The number of nitrogens with one attached hydrogen (secondary N) is 1. The predicted octanol–water partition coefficient (Wildman–Crippen LogP) is 2.91. The highest BCUT2D eigenvalue weighted by Crippen LogP contribution is 2.10. The molecule has 5 heteroatoms. The molecule has 0 heterocycles. The summed E-state index contributed by atoms with van der Waals surface area (Å²) in [5.41, 5.74) is 0.657. The van der Waals surface area contributed by atoms with Gasteiger partial charge in [0, 0.05) is 22.1 Å². The molecule has 2 N–H and O–H groups in total. The third-order valence-electron chi connectivity index (χ3n) is 2.86. The number of carbonyl (C=O) groups excluding carboxylic acids is 1. The van der Waals surface area contributed by atoms with Gasteiger partial charge in [-0.05, 0) is 59.5 Å². The van der Waals surface area contributed by atoms with E-state index in [0.29, 0.717) is 24.4 Å². The molecule has 1 unspecified atom stereocenters. The van der Waals surface area contributed by atoms with Crippen molar-refractivity contribution in [3.63, 3.8) is 0 Å². The Morgan fingerprint density at radius 2 is 2.11 bits per heavy atom. The third kappa shape index (κ3) is 6.56. The fraction of sp³-hybridized carbons (Fsp3) is 0.429. The standard InChI is InChI=1S/C14H18INO3/c1-10(5-6-13(17)18)7-8-16-14(19)11-3-2-4-12(15)9-11/h2-4,9-10H,5-8H2,1H3,(H,16,19)(H,17,18). The number of rotatable bonds is 7. The number of carbonyl (C=O) groups is 2. The predicted molar refractivity (Wildman–Crippen MR) is 82.1 cm³/mol. The first-order valence-electron chi connectivity index (χ1n) is 6.24. The molecule has 1 aromatic carbocycles. The van der Waals surface area contributed by atoms with Crippen molar-refractivity contribution < 1.29 is 14.7 Å². The van der Waals surface area contributed by atoms with Crippen LogP contribution in [0.25, 0.3) is 0 Å². The molecule has 0 aromatic heterocycles. The van der Waals surface area contributed by atoms with E-state index >= 15 is 0 Å². The molecule has 0 aliphatic heterocycles. The zero-order valence-corrected chi connectivity index (χ0v) is 13.0. The molecule has 4 nitrogen and oxygen atoms in total. The van der Waals surface area contributed by atoms with Crippen LogP contribution in [0.3, 0.4) is 0 Å². The minimum atomic E-state index is -0.769. The van der Waals surface area contributed by atoms with Crippen LogP contribution in [-0.2, 0) is 4.79 Å². The number of aliphatic carboxylic acids is 1. The topological polar surface area (TPSA) is 66.4 Å². The molecule has 0 saturated carbocycles. The minimum absolute atomic E-state index is 0.0797. The van der Waals surface area contributed by atoms with Gasteiger partial charge in [0.1, 0.15) is 0 Å². The Bertz CT molecular complexity index is 448. The van der Waals surface area contributed by atoms with Crippen molar-refractivity contribution >= 4 is 34.5 Å². The molecule has 1 atom stereocenters. The summed E-state index contributed by atoms with van der Waals surface area (Å²) in [5, 5.41) is 11.4. The van der Waals surface area contributed by atoms with Crippen LogP contribution in [-0.4, -0.2) is 23.5 Å². The quantitative estimate of drug-likeness (QED) is 0.721. The van der Waals surface area contributed by atoms with Gasteiger partial charge in [-0.2, -0.15) is 0 Å². The zero-order valence-electron chi connectivity index (χ0n) is 10.9. The van der Waals surface area contributed by atoms with Crippen LogP contribution in [0, 0.1) is 9.49 Å². The summed E-state index contributed by atoms with van der Waals surface area (Å²) in [6, 6.07) is 7.41. The molecule has 0 spiro atoms. The highest BCUT2D eigenvalue weighted by atomic mass is 127. The Balaban J connectivity index is 2.29. The smallest absolute Gasteiger partial charge is 0.303 e. The first kappa shape index (κ1) is 15.9. The van der Waals surface area contributed by atoms with Crippen molar-refractivity contribution in [2.24, 2.45) is 5.92 Å². The van der Waals surface area contributed by atoms with Crippen molar-refractivity contribution in [3.8, 4) is 0 Å². The average molecular weight is 375 g/mol. The van der Waals surface area contributed by atoms with E-state index in [4.69, 9.17) is 5.11 Å². The van der Waals surface area contributed by atoms with Crippen LogP contribution < -0.4 is 5.32 Å². The van der Waals surface area contributed by atoms with Crippen LogP contribution in [0.1, 0.15) is 36.5 Å². The highest BCUT2D eigenvalue weighted by molar-refractivity contribution is 14.1. The third-order valence-corrected chi connectivity index (χ3v) is 3.53. The van der Waals surface area contributed by atoms with Crippen LogP contribution in [0.2, 0.25) is 0 Å². The maximum Gasteiger partial charge on any atom is 0.303 e. The van der Waals surface area contributed by atoms with Crippen molar-refractivity contribution in [1.82, 2.24) is 5.32 Å². The molecule has 0 bridgehead atoms. The largest absolute Gasteiger partial charge is 0.481 e. The van der Waals surface area contributed by atoms with E-state index in [1.165, 1.54) is 0 Å². The summed E-state index contributed by atoms with van der Waals surface area (Å²) >= 11 is 2.17. The minimum Gasteiger partial charge on any atom is -0.481 e. The van der Waals surface area contributed by atoms with Gasteiger partial charge in [-0.3, -0.25) is 9.59 Å². The Hall–Kier alpha value is -1.11. The monoisotopic (exact) mass is 375 g/mol. The zero-order chi connectivity index (χ0) is 14.3. The fourth-order valence-corrected chi connectivity index (χ4v) is 2.22. The molecule has 19 heavy (non-hydrogen) atoms. The fourth-order valence-electron chi connectivity index (χ4n) is 1.68. The molecular formula is C14H18INO3. The molecule has 0 radical (unpaired) electrons. The van der Waals surface area contributed by atoms with E-state index in [1.807, 2.05) is 25.1 Å². The van der Waals surface area contributed by atoms with E-state index in [2.05, 4.69) is 27.9 Å². The summed E-state index contributed by atoms with van der Waals surface area (Å²) in [6.45, 7) is 2.58. The molecule has 104 valence electrons. The first-order valence-corrected chi connectivity index (χ1v) is 7.32. The number of hydrogen-bond donors (Lipinski definition) is 2. The second kappa shape index (κ2) is 8.14. The Kier molecular flexibility index (Phi) is 6.83. The summed E-state index contributed by atoms with van der Waals surface area (Å²) in [4.78, 5) is 22.3. The van der Waals surface area contributed by atoms with Crippen LogP contribution in [0.5, 0.6) is 0 Å². The summed E-state index contributed by atoms with van der Waals surface area (Å²) < 4.78 is 1.03. The molecule has 0 aliphatic rings. The van der Waals surface area contributed by atoms with Crippen LogP contribution >= 0.6 is 22.6 Å². The number of benzene rings is 1. The molecule has 1 amide bonds. The number of carboxylic acids is 1. The van der Waals surface area contributed by atoms with E-state index in [0.717, 1.165) is 9.99 Å². The van der Waals surface area contributed by atoms with Gasteiger partial charge < -0.3 is 10.4 Å². The number of amides is 1. The Morgan fingerprint density at radius 1 is 1.37 bits per heavy atom. The van der Waals surface area contributed by atoms with E-state index < -0.39 is 5.97 Å².